The molecule has 0 bridgehead atoms. The van der Waals surface area contributed by atoms with Crippen molar-refractivity contribution in [2.45, 2.75) is 55.5 Å². The number of phenols is 1. The molecule has 29 heavy (non-hydrogen) atoms. The van der Waals surface area contributed by atoms with Crippen LogP contribution in [0.25, 0.3) is 0 Å². The van der Waals surface area contributed by atoms with Crippen molar-refractivity contribution in [2.75, 3.05) is 13.4 Å². The SMILES string of the molecule is COc1cc(O)c2c(c1)[C@H]1O[C@H]1C[C@H](O)[C@H](O)C(=O)[CH]C(SC)C[C@H](C)OC2=O. The maximum atomic E-state index is 12.8. The first-order chi connectivity index (χ1) is 13.7. The van der Waals surface area contributed by atoms with Crippen LogP contribution in [0.4, 0.5) is 0 Å². The van der Waals surface area contributed by atoms with Gasteiger partial charge in [-0.2, -0.15) is 11.8 Å². The van der Waals surface area contributed by atoms with Gasteiger partial charge in [-0.1, -0.05) is 0 Å². The van der Waals surface area contributed by atoms with Crippen molar-refractivity contribution in [3.05, 3.63) is 29.7 Å². The maximum Gasteiger partial charge on any atom is 0.342 e. The lowest BCUT2D eigenvalue weighted by atomic mass is 9.95. The molecule has 1 unspecified atom stereocenters. The van der Waals surface area contributed by atoms with E-state index in [4.69, 9.17) is 14.2 Å². The van der Waals surface area contributed by atoms with Crippen molar-refractivity contribution < 1.29 is 39.1 Å². The maximum absolute atomic E-state index is 12.8. The fourth-order valence-corrected chi connectivity index (χ4v) is 4.20. The normalized spacial score (nSPS) is 33.1. The Hall–Kier alpha value is -1.81. The molecule has 3 rings (SSSR count). The largest absolute Gasteiger partial charge is 0.507 e. The molecule has 2 heterocycles. The molecule has 1 aromatic carbocycles. The van der Waals surface area contributed by atoms with Gasteiger partial charge < -0.3 is 29.5 Å². The molecular formula is C20H25O8S. The van der Waals surface area contributed by atoms with Gasteiger partial charge >= 0.3 is 5.97 Å². The van der Waals surface area contributed by atoms with Crippen LogP contribution >= 0.6 is 11.8 Å². The molecule has 0 saturated carbocycles. The number of hydrogen-bond donors (Lipinski definition) is 3. The highest BCUT2D eigenvalue weighted by Crippen LogP contribution is 2.46. The number of fused-ring (bicyclic) bond motifs is 3. The second-order valence-corrected chi connectivity index (χ2v) is 8.33. The van der Waals surface area contributed by atoms with Gasteiger partial charge in [-0.15, -0.1) is 0 Å². The predicted octanol–water partition coefficient (Wildman–Crippen LogP) is 1.41. The number of phenolic OH excluding ortho intramolecular Hbond substituents is 1. The zero-order valence-electron chi connectivity index (χ0n) is 16.4. The summed E-state index contributed by atoms with van der Waals surface area (Å²) < 4.78 is 16.2. The highest BCUT2D eigenvalue weighted by atomic mass is 32.2. The molecule has 3 N–H and O–H groups in total. The van der Waals surface area contributed by atoms with Gasteiger partial charge in [0, 0.05) is 29.7 Å². The smallest absolute Gasteiger partial charge is 0.342 e. The number of aliphatic hydroxyl groups is 2. The molecule has 2 aliphatic rings. The van der Waals surface area contributed by atoms with Gasteiger partial charge in [0.05, 0.1) is 19.3 Å². The highest BCUT2D eigenvalue weighted by Gasteiger charge is 2.46. The van der Waals surface area contributed by atoms with E-state index in [1.807, 2.05) is 0 Å². The van der Waals surface area contributed by atoms with Crippen molar-refractivity contribution in [1.82, 2.24) is 0 Å². The number of benzene rings is 1. The molecule has 0 aliphatic carbocycles. The minimum atomic E-state index is -1.56. The fraction of sp³-hybridized carbons (Fsp3) is 0.550. The number of rotatable bonds is 2. The first kappa shape index (κ1) is 21.9. The summed E-state index contributed by atoms with van der Waals surface area (Å²) in [5.74, 6) is -1.23. The van der Waals surface area contributed by atoms with Crippen LogP contribution in [-0.4, -0.2) is 70.1 Å². The Morgan fingerprint density at radius 3 is 2.59 bits per heavy atom. The first-order valence-electron chi connectivity index (χ1n) is 9.30. The topological polar surface area (TPSA) is 126 Å². The van der Waals surface area contributed by atoms with Crippen LogP contribution < -0.4 is 4.74 Å². The van der Waals surface area contributed by atoms with E-state index in [9.17, 15) is 24.9 Å². The van der Waals surface area contributed by atoms with Gasteiger partial charge in [-0.05, 0) is 25.7 Å². The van der Waals surface area contributed by atoms with Crippen molar-refractivity contribution in [2.24, 2.45) is 0 Å². The molecule has 2 aliphatic heterocycles. The van der Waals surface area contributed by atoms with Crippen LogP contribution in [0.2, 0.25) is 0 Å². The summed E-state index contributed by atoms with van der Waals surface area (Å²) in [6, 6.07) is 2.89. The average molecular weight is 425 g/mol. The van der Waals surface area contributed by atoms with E-state index in [1.165, 1.54) is 31.4 Å². The van der Waals surface area contributed by atoms with Gasteiger partial charge in [0.1, 0.15) is 35.4 Å². The Morgan fingerprint density at radius 2 is 1.93 bits per heavy atom. The van der Waals surface area contributed by atoms with Gasteiger partial charge in [0.2, 0.25) is 0 Å². The molecule has 1 radical (unpaired) electrons. The van der Waals surface area contributed by atoms with Gasteiger partial charge in [0.15, 0.2) is 5.78 Å². The number of esters is 1. The number of carbonyl (C=O) groups excluding carboxylic acids is 2. The van der Waals surface area contributed by atoms with Gasteiger partial charge in [0.25, 0.3) is 0 Å². The van der Waals surface area contributed by atoms with Crippen molar-refractivity contribution in [3.8, 4) is 11.5 Å². The van der Waals surface area contributed by atoms with Crippen LogP contribution in [0.5, 0.6) is 11.5 Å². The first-order valence-corrected chi connectivity index (χ1v) is 10.6. The van der Waals surface area contributed by atoms with Crippen LogP contribution in [0.1, 0.15) is 41.8 Å². The number of methoxy groups -OCH3 is 1. The molecule has 6 atom stereocenters. The van der Waals surface area contributed by atoms with E-state index in [-0.39, 0.29) is 23.0 Å². The predicted molar refractivity (Wildman–Crippen MR) is 105 cm³/mol. The van der Waals surface area contributed by atoms with Crippen LogP contribution in [0.15, 0.2) is 12.1 Å². The molecule has 159 valence electrons. The molecule has 1 aromatic rings. The minimum absolute atomic E-state index is 0.00178. The van der Waals surface area contributed by atoms with Crippen LogP contribution in [0, 0.1) is 6.42 Å². The highest BCUT2D eigenvalue weighted by molar-refractivity contribution is 7.99. The summed E-state index contributed by atoms with van der Waals surface area (Å²) in [6.07, 6.45) is -1.09. The lowest BCUT2D eigenvalue weighted by Gasteiger charge is -2.23. The summed E-state index contributed by atoms with van der Waals surface area (Å²) in [5.41, 5.74) is 0.361. The number of ketones is 1. The third kappa shape index (κ3) is 4.85. The number of aromatic hydroxyl groups is 1. The molecule has 1 saturated heterocycles. The second-order valence-electron chi connectivity index (χ2n) is 7.25. The Morgan fingerprint density at radius 1 is 1.21 bits per heavy atom. The third-order valence-electron chi connectivity index (χ3n) is 5.11. The number of ether oxygens (including phenoxy) is 3. The van der Waals surface area contributed by atoms with E-state index in [0.29, 0.717) is 17.7 Å². The summed E-state index contributed by atoms with van der Waals surface area (Å²) in [7, 11) is 1.43. The summed E-state index contributed by atoms with van der Waals surface area (Å²) in [5, 5.41) is 30.6. The monoisotopic (exact) mass is 425 g/mol. The molecule has 0 aromatic heterocycles. The van der Waals surface area contributed by atoms with Gasteiger partial charge in [-0.3, -0.25) is 4.79 Å². The number of Topliss-reactive ketones (excluding diaryl/α,β-unsaturated/α-hetero) is 1. The number of cyclic esters (lactones) is 1. The van der Waals surface area contributed by atoms with Gasteiger partial charge in [-0.25, -0.2) is 4.79 Å². The molecule has 9 heteroatoms. The quantitative estimate of drug-likeness (QED) is 0.476. The van der Waals surface area contributed by atoms with E-state index in [0.717, 1.165) is 0 Å². The van der Waals surface area contributed by atoms with E-state index >= 15 is 0 Å². The van der Waals surface area contributed by atoms with Crippen LogP contribution in [-0.2, 0) is 14.3 Å². The van der Waals surface area contributed by atoms with E-state index < -0.39 is 42.3 Å². The Balaban J connectivity index is 1.97. The molecule has 8 nitrogen and oxygen atoms in total. The Bertz CT molecular complexity index is 782. The summed E-state index contributed by atoms with van der Waals surface area (Å²) in [6.45, 7) is 1.69. The minimum Gasteiger partial charge on any atom is -0.507 e. The van der Waals surface area contributed by atoms with Crippen molar-refractivity contribution >= 4 is 23.5 Å². The number of thioether (sulfide) groups is 1. The molecule has 0 spiro atoms. The number of carbonyl (C=O) groups is 2. The van der Waals surface area contributed by atoms with E-state index in [2.05, 4.69) is 0 Å². The fourth-order valence-electron chi connectivity index (χ4n) is 3.47. The number of aliphatic hydroxyl groups excluding tert-OH is 2. The average Bonchev–Trinajstić information content (AvgIpc) is 3.43. The van der Waals surface area contributed by atoms with Crippen LogP contribution in [0.3, 0.4) is 0 Å². The molecule has 0 amide bonds. The summed E-state index contributed by atoms with van der Waals surface area (Å²) >= 11 is 1.37. The number of hydrogen-bond acceptors (Lipinski definition) is 9. The molecule has 1 fully saturated rings. The Labute approximate surface area is 173 Å². The second kappa shape index (κ2) is 8.91. The lowest BCUT2D eigenvalue weighted by molar-refractivity contribution is -0.129. The zero-order chi connectivity index (χ0) is 21.3. The van der Waals surface area contributed by atoms with E-state index in [1.54, 1.807) is 19.2 Å². The zero-order valence-corrected chi connectivity index (χ0v) is 17.2. The molecular weight excluding hydrogens is 400 g/mol. The standard InChI is InChI=1S/C20H25O8S/c1-9-4-11(29-3)7-14(22)18(24)15(23)8-16-19(28-16)12-5-10(26-2)6-13(21)17(12)20(25)27-9/h5-7,9,11,15-16,18-19,21,23-24H,4,8H2,1-3H3/t9-,11?,15-,16-,18+,19+/m0/s1. The van der Waals surface area contributed by atoms with Crippen molar-refractivity contribution in [1.29, 1.82) is 0 Å². The summed E-state index contributed by atoms with van der Waals surface area (Å²) in [4.78, 5) is 25.1. The Kier molecular flexibility index (Phi) is 6.72. The van der Waals surface area contributed by atoms with Crippen molar-refractivity contribution in [3.63, 3.8) is 0 Å². The number of epoxide rings is 1. The lowest BCUT2D eigenvalue weighted by Crippen LogP contribution is -2.37. The third-order valence-corrected chi connectivity index (χ3v) is 6.04.